The Morgan fingerprint density at radius 1 is 1.32 bits per heavy atom. The van der Waals surface area contributed by atoms with Gasteiger partial charge in [0.15, 0.2) is 0 Å². The molecule has 1 aromatic heterocycles. The molecule has 0 bridgehead atoms. The van der Waals surface area contributed by atoms with Crippen molar-refractivity contribution < 1.29 is 4.79 Å². The molecule has 3 N–H and O–H groups in total. The highest BCUT2D eigenvalue weighted by molar-refractivity contribution is 5.84. The van der Waals surface area contributed by atoms with Crippen LogP contribution in [0.5, 0.6) is 0 Å². The molecule has 0 aliphatic heterocycles. The molecule has 0 unspecified atom stereocenters. The predicted octanol–water partition coefficient (Wildman–Crippen LogP) is 1.97. The van der Waals surface area contributed by atoms with Crippen LogP contribution in [0.25, 0.3) is 5.69 Å². The molecule has 1 amide bonds. The van der Waals surface area contributed by atoms with Crippen LogP contribution in [0.1, 0.15) is 31.5 Å². The molecule has 0 aliphatic carbocycles. The lowest BCUT2D eigenvalue weighted by molar-refractivity contribution is -0.125. The number of nitrogens with zero attached hydrogens (tertiary/aromatic N) is 2. The minimum atomic E-state index is -0.825. The second kappa shape index (κ2) is 6.75. The van der Waals surface area contributed by atoms with E-state index in [1.54, 1.807) is 13.8 Å². The average molecular weight is 300 g/mol. The Balaban J connectivity index is 1.89. The molecule has 0 radical (unpaired) electrons. The number of aromatic nitrogens is 2. The Morgan fingerprint density at radius 2 is 2.00 bits per heavy atom. The SMILES string of the molecule is Cc1nn(-c2ccccc2)cc1CCCNC(=O)C(C)(C)N. The van der Waals surface area contributed by atoms with Gasteiger partial charge < -0.3 is 11.1 Å². The number of carbonyl (C=O) groups is 1. The number of benzene rings is 1. The number of hydrogen-bond donors (Lipinski definition) is 2. The lowest BCUT2D eigenvalue weighted by atomic mass is 10.1. The highest BCUT2D eigenvalue weighted by atomic mass is 16.2. The van der Waals surface area contributed by atoms with Gasteiger partial charge in [-0.15, -0.1) is 0 Å². The van der Waals surface area contributed by atoms with Gasteiger partial charge in [-0.2, -0.15) is 5.10 Å². The van der Waals surface area contributed by atoms with Gasteiger partial charge in [-0.25, -0.2) is 4.68 Å². The van der Waals surface area contributed by atoms with E-state index < -0.39 is 5.54 Å². The van der Waals surface area contributed by atoms with Crippen molar-refractivity contribution in [3.05, 3.63) is 47.8 Å². The molecule has 1 heterocycles. The Labute approximate surface area is 131 Å². The zero-order chi connectivity index (χ0) is 16.2. The van der Waals surface area contributed by atoms with Crippen LogP contribution >= 0.6 is 0 Å². The zero-order valence-corrected chi connectivity index (χ0v) is 13.5. The molecule has 0 aliphatic rings. The lowest BCUT2D eigenvalue weighted by Gasteiger charge is -2.17. The van der Waals surface area contributed by atoms with Crippen LogP contribution in [0.2, 0.25) is 0 Å². The second-order valence-electron chi connectivity index (χ2n) is 6.10. The molecule has 5 heteroatoms. The first-order chi connectivity index (χ1) is 10.4. The summed E-state index contributed by atoms with van der Waals surface area (Å²) < 4.78 is 1.90. The maximum Gasteiger partial charge on any atom is 0.239 e. The standard InChI is InChI=1S/C17H24N4O/c1-13-14(8-7-11-19-16(22)17(2,3)18)12-21(20-13)15-9-5-4-6-10-15/h4-6,9-10,12H,7-8,11,18H2,1-3H3,(H,19,22). The Bertz CT molecular complexity index is 626. The summed E-state index contributed by atoms with van der Waals surface area (Å²) in [5, 5.41) is 7.40. The van der Waals surface area contributed by atoms with E-state index in [0.29, 0.717) is 6.54 Å². The van der Waals surface area contributed by atoms with Gasteiger partial charge in [-0.1, -0.05) is 18.2 Å². The number of amides is 1. The summed E-state index contributed by atoms with van der Waals surface area (Å²) in [4.78, 5) is 11.7. The fraction of sp³-hybridized carbons (Fsp3) is 0.412. The molecular formula is C17H24N4O. The van der Waals surface area contributed by atoms with Gasteiger partial charge in [-0.3, -0.25) is 4.79 Å². The topological polar surface area (TPSA) is 72.9 Å². The number of para-hydroxylation sites is 1. The molecule has 0 atom stereocenters. The van der Waals surface area contributed by atoms with E-state index in [-0.39, 0.29) is 5.91 Å². The number of rotatable bonds is 6. The Hall–Kier alpha value is -2.14. The molecule has 22 heavy (non-hydrogen) atoms. The third-order valence-electron chi connectivity index (χ3n) is 3.51. The van der Waals surface area contributed by atoms with Crippen LogP contribution in [0.15, 0.2) is 36.5 Å². The highest BCUT2D eigenvalue weighted by Gasteiger charge is 2.20. The maximum absolute atomic E-state index is 11.7. The summed E-state index contributed by atoms with van der Waals surface area (Å²) in [5.74, 6) is -0.121. The van der Waals surface area contributed by atoms with Crippen molar-refractivity contribution >= 4 is 5.91 Å². The Morgan fingerprint density at radius 3 is 2.64 bits per heavy atom. The van der Waals surface area contributed by atoms with E-state index in [1.165, 1.54) is 5.56 Å². The molecule has 2 aromatic rings. The number of carbonyl (C=O) groups excluding carboxylic acids is 1. The van der Waals surface area contributed by atoms with Gasteiger partial charge in [-0.05, 0) is 51.3 Å². The van der Waals surface area contributed by atoms with Gasteiger partial charge in [0.05, 0.1) is 16.9 Å². The summed E-state index contributed by atoms with van der Waals surface area (Å²) in [5.41, 5.74) is 8.19. The third-order valence-corrected chi connectivity index (χ3v) is 3.51. The third kappa shape index (κ3) is 4.18. The van der Waals surface area contributed by atoms with E-state index in [4.69, 9.17) is 5.73 Å². The van der Waals surface area contributed by atoms with Crippen molar-refractivity contribution in [3.63, 3.8) is 0 Å². The molecule has 0 fully saturated rings. The Kier molecular flexibility index (Phi) is 4.98. The fourth-order valence-corrected chi connectivity index (χ4v) is 2.16. The largest absolute Gasteiger partial charge is 0.355 e. The highest BCUT2D eigenvalue weighted by Crippen LogP contribution is 2.13. The van der Waals surface area contributed by atoms with Gasteiger partial charge in [0, 0.05) is 12.7 Å². The average Bonchev–Trinajstić information content (AvgIpc) is 2.84. The second-order valence-corrected chi connectivity index (χ2v) is 6.10. The van der Waals surface area contributed by atoms with Crippen LogP contribution in [0.3, 0.4) is 0 Å². The van der Waals surface area contributed by atoms with Crippen molar-refractivity contribution in [2.45, 2.75) is 39.2 Å². The van der Waals surface area contributed by atoms with Gasteiger partial charge in [0.1, 0.15) is 0 Å². The van der Waals surface area contributed by atoms with Crippen LogP contribution in [0.4, 0.5) is 0 Å². The lowest BCUT2D eigenvalue weighted by Crippen LogP contribution is -2.49. The summed E-state index contributed by atoms with van der Waals surface area (Å²) in [7, 11) is 0. The van der Waals surface area contributed by atoms with Crippen molar-refractivity contribution in [2.24, 2.45) is 5.73 Å². The number of nitrogens with two attached hydrogens (primary N) is 1. The van der Waals surface area contributed by atoms with Gasteiger partial charge >= 0.3 is 0 Å². The molecule has 0 saturated heterocycles. The summed E-state index contributed by atoms with van der Waals surface area (Å²) in [6.45, 7) is 6.04. The fourth-order valence-electron chi connectivity index (χ4n) is 2.16. The van der Waals surface area contributed by atoms with Crippen molar-refractivity contribution in [1.82, 2.24) is 15.1 Å². The molecule has 1 aromatic carbocycles. The number of nitrogens with one attached hydrogen (secondary N) is 1. The molecule has 2 rings (SSSR count). The molecule has 0 spiro atoms. The van der Waals surface area contributed by atoms with Crippen molar-refractivity contribution in [1.29, 1.82) is 0 Å². The zero-order valence-electron chi connectivity index (χ0n) is 13.5. The quantitative estimate of drug-likeness (QED) is 0.801. The molecule has 118 valence electrons. The first-order valence-corrected chi connectivity index (χ1v) is 7.55. The minimum absolute atomic E-state index is 0.121. The summed E-state index contributed by atoms with van der Waals surface area (Å²) >= 11 is 0. The van der Waals surface area contributed by atoms with E-state index in [9.17, 15) is 4.79 Å². The first kappa shape index (κ1) is 16.2. The number of hydrogen-bond acceptors (Lipinski definition) is 3. The summed E-state index contributed by atoms with van der Waals surface area (Å²) in [6.07, 6.45) is 3.80. The predicted molar refractivity (Wildman–Crippen MR) is 87.9 cm³/mol. The molecule has 0 saturated carbocycles. The molecule has 5 nitrogen and oxygen atoms in total. The smallest absolute Gasteiger partial charge is 0.239 e. The van der Waals surface area contributed by atoms with Crippen LogP contribution in [0, 0.1) is 6.92 Å². The van der Waals surface area contributed by atoms with Crippen LogP contribution in [-0.4, -0.2) is 27.8 Å². The van der Waals surface area contributed by atoms with E-state index in [0.717, 1.165) is 24.2 Å². The summed E-state index contributed by atoms with van der Waals surface area (Å²) in [6, 6.07) is 10.0. The van der Waals surface area contributed by atoms with E-state index in [2.05, 4.69) is 16.6 Å². The van der Waals surface area contributed by atoms with Crippen LogP contribution < -0.4 is 11.1 Å². The van der Waals surface area contributed by atoms with Crippen molar-refractivity contribution in [2.75, 3.05) is 6.54 Å². The monoisotopic (exact) mass is 300 g/mol. The maximum atomic E-state index is 11.7. The van der Waals surface area contributed by atoms with Gasteiger partial charge in [0.25, 0.3) is 0 Å². The van der Waals surface area contributed by atoms with E-state index >= 15 is 0 Å². The van der Waals surface area contributed by atoms with Crippen LogP contribution in [-0.2, 0) is 11.2 Å². The first-order valence-electron chi connectivity index (χ1n) is 7.55. The van der Waals surface area contributed by atoms with E-state index in [1.807, 2.05) is 41.9 Å². The van der Waals surface area contributed by atoms with Gasteiger partial charge in [0.2, 0.25) is 5.91 Å². The normalized spacial score (nSPS) is 11.5. The molecular weight excluding hydrogens is 276 g/mol. The van der Waals surface area contributed by atoms with Crippen molar-refractivity contribution in [3.8, 4) is 5.69 Å². The minimum Gasteiger partial charge on any atom is -0.355 e. The number of aryl methyl sites for hydroxylation is 2.